The van der Waals surface area contributed by atoms with Gasteiger partial charge in [-0.15, -0.1) is 0 Å². The van der Waals surface area contributed by atoms with Gasteiger partial charge in [0, 0.05) is 0 Å². The molecule has 112 valence electrons. The molecule has 1 rings (SSSR count). The predicted octanol–water partition coefficient (Wildman–Crippen LogP) is 2.03. The summed E-state index contributed by atoms with van der Waals surface area (Å²) in [5.74, 6) is -0.836. The highest BCUT2D eigenvalue weighted by Gasteiger charge is 2.26. The Hall–Kier alpha value is -1.40. The fourth-order valence-corrected chi connectivity index (χ4v) is 2.40. The first-order chi connectivity index (χ1) is 9.15. The maximum atomic E-state index is 12.0. The molecule has 0 amide bonds. The molecule has 0 saturated carbocycles. The Morgan fingerprint density at radius 2 is 1.60 bits per heavy atom. The van der Waals surface area contributed by atoms with Gasteiger partial charge in [-0.3, -0.25) is 0 Å². The number of hydrogen-bond acceptors (Lipinski definition) is 5. The van der Waals surface area contributed by atoms with E-state index in [1.807, 2.05) is 13.8 Å². The quantitative estimate of drug-likeness (QED) is 0.841. The molecule has 20 heavy (non-hydrogen) atoms. The van der Waals surface area contributed by atoms with Gasteiger partial charge in [0.25, 0.3) is 0 Å². The molecule has 1 aromatic rings. The lowest BCUT2D eigenvalue weighted by Gasteiger charge is -2.14. The van der Waals surface area contributed by atoms with Crippen molar-refractivity contribution in [2.75, 3.05) is 0 Å². The van der Waals surface area contributed by atoms with Crippen LogP contribution >= 0.6 is 0 Å². The smallest absolute Gasteiger partial charge is 0.341 e. The zero-order valence-corrected chi connectivity index (χ0v) is 13.0. The lowest BCUT2D eigenvalue weighted by Crippen LogP contribution is -2.38. The molecule has 6 heteroatoms. The summed E-state index contributed by atoms with van der Waals surface area (Å²) in [6.07, 6.45) is 0. The monoisotopic (exact) mass is 299 g/mol. The molecule has 0 fully saturated rings. The van der Waals surface area contributed by atoms with Crippen molar-refractivity contribution in [2.24, 2.45) is 11.7 Å². The Balaban J connectivity index is 2.91. The Kier molecular flexibility index (Phi) is 5.30. The van der Waals surface area contributed by atoms with Crippen LogP contribution < -0.4 is 5.73 Å². The predicted molar refractivity (Wildman–Crippen MR) is 76.6 cm³/mol. The summed E-state index contributed by atoms with van der Waals surface area (Å²) < 4.78 is 28.5. The summed E-state index contributed by atoms with van der Waals surface area (Å²) in [5, 5.41) is 0. The number of carbonyl (C=O) groups excluding carboxylic acids is 1. The van der Waals surface area contributed by atoms with Crippen LogP contribution in [-0.4, -0.2) is 20.4 Å². The highest BCUT2D eigenvalue weighted by atomic mass is 32.2. The zero-order valence-electron chi connectivity index (χ0n) is 12.2. The minimum atomic E-state index is -4.11. The molecule has 0 aliphatic carbocycles. The summed E-state index contributed by atoms with van der Waals surface area (Å²) in [4.78, 5) is 11.6. The number of carbonyl (C=O) groups is 1. The minimum Gasteiger partial charge on any atom is -0.341 e. The van der Waals surface area contributed by atoms with Gasteiger partial charge in [-0.25, -0.2) is 4.79 Å². The van der Waals surface area contributed by atoms with Crippen LogP contribution in [-0.2, 0) is 19.1 Å². The standard InChI is InChI=1S/C14H21NO4S/c1-9(2)11-5-7-12(8-6-11)20(17,18)19-14(16)13(15)10(3)4/h5-10,13H,15H2,1-4H3/t13-/m0/s1. The molecule has 0 saturated heterocycles. The van der Waals surface area contributed by atoms with Crippen LogP contribution in [0.4, 0.5) is 0 Å². The highest BCUT2D eigenvalue weighted by Crippen LogP contribution is 2.19. The molecule has 1 aromatic carbocycles. The summed E-state index contributed by atoms with van der Waals surface area (Å²) in [6.45, 7) is 7.45. The SMILES string of the molecule is CC(C)c1ccc(S(=O)(=O)OC(=O)[C@@H](N)C(C)C)cc1. The van der Waals surface area contributed by atoms with Crippen molar-refractivity contribution in [3.05, 3.63) is 29.8 Å². The molecular weight excluding hydrogens is 278 g/mol. The number of nitrogens with two attached hydrogens (primary N) is 1. The summed E-state index contributed by atoms with van der Waals surface area (Å²) in [7, 11) is -4.11. The van der Waals surface area contributed by atoms with E-state index in [0.717, 1.165) is 5.56 Å². The average molecular weight is 299 g/mol. The van der Waals surface area contributed by atoms with Crippen LogP contribution in [0.2, 0.25) is 0 Å². The maximum Gasteiger partial charge on any atom is 0.341 e. The fraction of sp³-hybridized carbons (Fsp3) is 0.500. The van der Waals surface area contributed by atoms with Gasteiger partial charge in [0.2, 0.25) is 0 Å². The van der Waals surface area contributed by atoms with Crippen LogP contribution in [0.25, 0.3) is 0 Å². The molecule has 0 aliphatic rings. The van der Waals surface area contributed by atoms with E-state index in [9.17, 15) is 13.2 Å². The molecule has 0 bridgehead atoms. The fourth-order valence-electron chi connectivity index (χ4n) is 1.50. The molecule has 2 N–H and O–H groups in total. The second-order valence-electron chi connectivity index (χ2n) is 5.35. The first-order valence-electron chi connectivity index (χ1n) is 6.49. The number of rotatable bonds is 5. The van der Waals surface area contributed by atoms with Crippen LogP contribution in [0.5, 0.6) is 0 Å². The normalized spacial score (nSPS) is 13.6. The lowest BCUT2D eigenvalue weighted by atomic mass is 10.0. The molecule has 0 spiro atoms. The van der Waals surface area contributed by atoms with E-state index in [1.54, 1.807) is 26.0 Å². The van der Waals surface area contributed by atoms with Crippen LogP contribution in [0.1, 0.15) is 39.2 Å². The van der Waals surface area contributed by atoms with Crippen molar-refractivity contribution in [1.82, 2.24) is 0 Å². The minimum absolute atomic E-state index is 0.0498. The van der Waals surface area contributed by atoms with E-state index < -0.39 is 22.1 Å². The largest absolute Gasteiger partial charge is 0.341 e. The summed E-state index contributed by atoms with van der Waals surface area (Å²) >= 11 is 0. The van der Waals surface area contributed by atoms with Crippen molar-refractivity contribution in [3.8, 4) is 0 Å². The number of hydrogen-bond donors (Lipinski definition) is 1. The Labute approximate surface area is 120 Å². The van der Waals surface area contributed by atoms with Gasteiger partial charge < -0.3 is 9.92 Å². The van der Waals surface area contributed by atoms with E-state index in [-0.39, 0.29) is 10.8 Å². The highest BCUT2D eigenvalue weighted by molar-refractivity contribution is 7.87. The van der Waals surface area contributed by atoms with Gasteiger partial charge in [-0.1, -0.05) is 39.8 Å². The summed E-state index contributed by atoms with van der Waals surface area (Å²) in [5.41, 5.74) is 6.58. The number of benzene rings is 1. The lowest BCUT2D eigenvalue weighted by molar-refractivity contribution is -0.136. The van der Waals surface area contributed by atoms with Gasteiger partial charge in [0.05, 0.1) is 0 Å². The molecule has 0 aromatic heterocycles. The van der Waals surface area contributed by atoms with Crippen molar-refractivity contribution >= 4 is 16.1 Å². The Morgan fingerprint density at radius 3 is 2.00 bits per heavy atom. The first kappa shape index (κ1) is 16.7. The van der Waals surface area contributed by atoms with Crippen molar-refractivity contribution in [2.45, 2.75) is 44.6 Å². The third-order valence-electron chi connectivity index (χ3n) is 3.02. The average Bonchev–Trinajstić information content (AvgIpc) is 2.37. The maximum absolute atomic E-state index is 12.0. The molecule has 0 unspecified atom stereocenters. The Bertz CT molecular complexity index is 561. The second-order valence-corrected chi connectivity index (χ2v) is 6.90. The van der Waals surface area contributed by atoms with E-state index in [0.29, 0.717) is 5.92 Å². The topological polar surface area (TPSA) is 86.5 Å². The second kappa shape index (κ2) is 6.37. The Morgan fingerprint density at radius 1 is 1.10 bits per heavy atom. The molecule has 0 radical (unpaired) electrons. The van der Waals surface area contributed by atoms with E-state index in [4.69, 9.17) is 5.73 Å². The van der Waals surface area contributed by atoms with Gasteiger partial charge in [-0.2, -0.15) is 8.42 Å². The molecule has 0 heterocycles. The van der Waals surface area contributed by atoms with E-state index in [2.05, 4.69) is 4.18 Å². The summed E-state index contributed by atoms with van der Waals surface area (Å²) in [6, 6.07) is 5.30. The molecule has 5 nitrogen and oxygen atoms in total. The van der Waals surface area contributed by atoms with Gasteiger partial charge in [0.1, 0.15) is 10.9 Å². The van der Waals surface area contributed by atoms with Crippen molar-refractivity contribution in [1.29, 1.82) is 0 Å². The van der Waals surface area contributed by atoms with Gasteiger partial charge in [-0.05, 0) is 29.5 Å². The van der Waals surface area contributed by atoms with Crippen molar-refractivity contribution in [3.63, 3.8) is 0 Å². The molecule has 1 atom stereocenters. The van der Waals surface area contributed by atoms with E-state index >= 15 is 0 Å². The van der Waals surface area contributed by atoms with Crippen LogP contribution in [0.3, 0.4) is 0 Å². The van der Waals surface area contributed by atoms with Gasteiger partial charge in [0.15, 0.2) is 0 Å². The zero-order chi connectivity index (χ0) is 15.5. The molecular formula is C14H21NO4S. The first-order valence-corrected chi connectivity index (χ1v) is 7.90. The molecule has 0 aliphatic heterocycles. The third kappa shape index (κ3) is 4.05. The van der Waals surface area contributed by atoms with Crippen LogP contribution in [0.15, 0.2) is 29.2 Å². The third-order valence-corrected chi connectivity index (χ3v) is 4.25. The van der Waals surface area contributed by atoms with Crippen LogP contribution in [0, 0.1) is 5.92 Å². The van der Waals surface area contributed by atoms with E-state index in [1.165, 1.54) is 12.1 Å². The van der Waals surface area contributed by atoms with Crippen molar-refractivity contribution < 1.29 is 17.4 Å². The van der Waals surface area contributed by atoms with Gasteiger partial charge >= 0.3 is 16.1 Å².